The summed E-state index contributed by atoms with van der Waals surface area (Å²) in [6.07, 6.45) is -4.45. The maximum absolute atomic E-state index is 13.1. The number of alkyl halides is 3. The number of hydrogen-bond donors (Lipinski definition) is 1. The molecule has 0 unspecified atom stereocenters. The van der Waals surface area contributed by atoms with Gasteiger partial charge < -0.3 is 5.32 Å². The molecule has 2 aromatic rings. The second kappa shape index (κ2) is 4.96. The fraction of sp³-hybridized carbons (Fsp3) is 0.400. The van der Waals surface area contributed by atoms with Gasteiger partial charge in [0.1, 0.15) is 5.69 Å². The minimum atomic E-state index is -4.45. The number of anilines is 1. The predicted octanol–water partition coefficient (Wildman–Crippen LogP) is 4.73. The number of aromatic nitrogens is 1. The van der Waals surface area contributed by atoms with E-state index < -0.39 is 11.9 Å². The van der Waals surface area contributed by atoms with Crippen molar-refractivity contribution in [3.63, 3.8) is 0 Å². The molecular weight excluding hydrogens is 265 g/mol. The summed E-state index contributed by atoms with van der Waals surface area (Å²) in [5.41, 5.74) is 1.05. The fourth-order valence-electron chi connectivity index (χ4n) is 2.47. The largest absolute Gasteiger partial charge is 0.433 e. The van der Waals surface area contributed by atoms with Gasteiger partial charge in [0.15, 0.2) is 0 Å². The molecule has 0 aliphatic rings. The molecule has 2 nitrogen and oxygen atoms in total. The Labute approximate surface area is 116 Å². The van der Waals surface area contributed by atoms with Crippen molar-refractivity contribution >= 4 is 16.6 Å². The van der Waals surface area contributed by atoms with Gasteiger partial charge in [-0.05, 0) is 18.4 Å². The number of benzene rings is 1. The molecule has 1 aromatic heterocycles. The number of nitrogens with zero attached hydrogens (tertiary/aromatic N) is 1. The van der Waals surface area contributed by atoms with Crippen LogP contribution >= 0.6 is 0 Å². The van der Waals surface area contributed by atoms with Crippen LogP contribution < -0.4 is 5.32 Å². The summed E-state index contributed by atoms with van der Waals surface area (Å²) in [5, 5.41) is 3.60. The number of hydrogen-bond acceptors (Lipinski definition) is 2. The van der Waals surface area contributed by atoms with Gasteiger partial charge in [-0.15, -0.1) is 0 Å². The number of nitrogens with one attached hydrogen (secondary N) is 1. The Morgan fingerprint density at radius 1 is 1.20 bits per heavy atom. The molecule has 108 valence electrons. The van der Waals surface area contributed by atoms with Crippen LogP contribution in [0.1, 0.15) is 36.6 Å². The minimum Gasteiger partial charge on any atom is -0.387 e. The Morgan fingerprint density at radius 2 is 1.85 bits per heavy atom. The van der Waals surface area contributed by atoms with Crippen molar-refractivity contribution in [3.05, 3.63) is 35.0 Å². The standard InChI is InChI=1S/C15H17F3N2/c1-8(2)10-6-5-7-11-12(19-4)9(3)14(15(16,17)18)20-13(10)11/h5-8H,1-4H3,(H,19,20). The van der Waals surface area contributed by atoms with Gasteiger partial charge in [0.25, 0.3) is 0 Å². The van der Waals surface area contributed by atoms with E-state index in [1.54, 1.807) is 13.1 Å². The van der Waals surface area contributed by atoms with Gasteiger partial charge in [-0.2, -0.15) is 13.2 Å². The molecule has 0 spiro atoms. The average Bonchev–Trinajstić information content (AvgIpc) is 2.35. The van der Waals surface area contributed by atoms with E-state index in [-0.39, 0.29) is 11.5 Å². The molecule has 0 bridgehead atoms. The van der Waals surface area contributed by atoms with E-state index in [4.69, 9.17) is 0 Å². The van der Waals surface area contributed by atoms with Crippen LogP contribution in [0.3, 0.4) is 0 Å². The summed E-state index contributed by atoms with van der Waals surface area (Å²) < 4.78 is 39.4. The highest BCUT2D eigenvalue weighted by atomic mass is 19.4. The Balaban J connectivity index is 2.93. The SMILES string of the molecule is CNc1c(C)c(C(F)(F)F)nc2c(C(C)C)cccc12. The number of rotatable bonds is 2. The second-order valence-electron chi connectivity index (χ2n) is 5.11. The molecular formula is C15H17F3N2. The molecule has 20 heavy (non-hydrogen) atoms. The Morgan fingerprint density at radius 3 is 2.35 bits per heavy atom. The molecule has 0 aliphatic carbocycles. The first-order chi connectivity index (χ1) is 9.27. The van der Waals surface area contributed by atoms with E-state index in [9.17, 15) is 13.2 Å². The zero-order valence-corrected chi connectivity index (χ0v) is 11.9. The van der Waals surface area contributed by atoms with Crippen molar-refractivity contribution in [1.29, 1.82) is 0 Å². The molecule has 2 rings (SSSR count). The fourth-order valence-corrected chi connectivity index (χ4v) is 2.47. The van der Waals surface area contributed by atoms with Crippen molar-refractivity contribution in [1.82, 2.24) is 4.98 Å². The van der Waals surface area contributed by atoms with Crippen LogP contribution in [-0.4, -0.2) is 12.0 Å². The minimum absolute atomic E-state index is 0.111. The van der Waals surface area contributed by atoms with Crippen LogP contribution in [0.4, 0.5) is 18.9 Å². The Kier molecular flexibility index (Phi) is 3.63. The summed E-state index contributed by atoms with van der Waals surface area (Å²) in [6, 6.07) is 5.48. The number of halogens is 3. The van der Waals surface area contributed by atoms with Crippen LogP contribution in [0, 0.1) is 6.92 Å². The molecule has 0 atom stereocenters. The van der Waals surface area contributed by atoms with E-state index in [1.165, 1.54) is 6.92 Å². The molecule has 0 saturated carbocycles. The van der Waals surface area contributed by atoms with Gasteiger partial charge >= 0.3 is 6.18 Å². The summed E-state index contributed by atoms with van der Waals surface area (Å²) in [5.74, 6) is 0.111. The van der Waals surface area contributed by atoms with Crippen LogP contribution in [0.2, 0.25) is 0 Å². The molecule has 1 heterocycles. The highest BCUT2D eigenvalue weighted by Crippen LogP contribution is 2.38. The highest BCUT2D eigenvalue weighted by molar-refractivity contribution is 5.95. The van der Waals surface area contributed by atoms with E-state index in [1.807, 2.05) is 26.0 Å². The maximum Gasteiger partial charge on any atom is 0.433 e. The first-order valence-electron chi connectivity index (χ1n) is 6.45. The zero-order valence-electron chi connectivity index (χ0n) is 11.9. The van der Waals surface area contributed by atoms with Gasteiger partial charge in [0.2, 0.25) is 0 Å². The van der Waals surface area contributed by atoms with Gasteiger partial charge in [-0.1, -0.05) is 32.0 Å². The van der Waals surface area contributed by atoms with Crippen LogP contribution in [0.5, 0.6) is 0 Å². The average molecular weight is 282 g/mol. The molecule has 0 radical (unpaired) electrons. The molecule has 0 amide bonds. The van der Waals surface area contributed by atoms with Crippen molar-refractivity contribution in [2.24, 2.45) is 0 Å². The third-order valence-electron chi connectivity index (χ3n) is 3.43. The first-order valence-corrected chi connectivity index (χ1v) is 6.45. The molecule has 1 aromatic carbocycles. The van der Waals surface area contributed by atoms with E-state index in [0.29, 0.717) is 11.2 Å². The van der Waals surface area contributed by atoms with E-state index in [0.717, 1.165) is 10.9 Å². The van der Waals surface area contributed by atoms with Crippen LogP contribution in [0.25, 0.3) is 10.9 Å². The molecule has 0 fully saturated rings. The van der Waals surface area contributed by atoms with Crippen LogP contribution in [-0.2, 0) is 6.18 Å². The molecule has 0 saturated heterocycles. The summed E-state index contributed by atoms with van der Waals surface area (Å²) in [6.45, 7) is 5.34. The predicted molar refractivity (Wildman–Crippen MR) is 75.1 cm³/mol. The summed E-state index contributed by atoms with van der Waals surface area (Å²) in [4.78, 5) is 3.91. The lowest BCUT2D eigenvalue weighted by Gasteiger charge is -2.18. The maximum atomic E-state index is 13.1. The van der Waals surface area contributed by atoms with Gasteiger partial charge in [-0.3, -0.25) is 0 Å². The Bertz CT molecular complexity index is 646. The summed E-state index contributed by atoms with van der Waals surface area (Å²) in [7, 11) is 1.63. The zero-order chi connectivity index (χ0) is 15.1. The van der Waals surface area contributed by atoms with Gasteiger partial charge in [0.05, 0.1) is 5.52 Å². The first kappa shape index (κ1) is 14.6. The van der Waals surface area contributed by atoms with Crippen molar-refractivity contribution in [2.45, 2.75) is 32.9 Å². The third-order valence-corrected chi connectivity index (χ3v) is 3.43. The lowest BCUT2D eigenvalue weighted by Crippen LogP contribution is -2.13. The molecule has 1 N–H and O–H groups in total. The topological polar surface area (TPSA) is 24.9 Å². The molecule has 5 heteroatoms. The lowest BCUT2D eigenvalue weighted by atomic mass is 9.97. The number of fused-ring (bicyclic) bond motifs is 1. The van der Waals surface area contributed by atoms with Crippen molar-refractivity contribution in [3.8, 4) is 0 Å². The van der Waals surface area contributed by atoms with Crippen molar-refractivity contribution < 1.29 is 13.2 Å². The monoisotopic (exact) mass is 282 g/mol. The van der Waals surface area contributed by atoms with Gasteiger partial charge in [0, 0.05) is 23.7 Å². The normalized spacial score (nSPS) is 12.2. The number of para-hydroxylation sites is 1. The third kappa shape index (κ3) is 2.32. The second-order valence-corrected chi connectivity index (χ2v) is 5.11. The lowest BCUT2D eigenvalue weighted by molar-refractivity contribution is -0.141. The summed E-state index contributed by atoms with van der Waals surface area (Å²) >= 11 is 0. The van der Waals surface area contributed by atoms with Crippen LogP contribution in [0.15, 0.2) is 18.2 Å². The Hall–Kier alpha value is -1.78. The van der Waals surface area contributed by atoms with E-state index in [2.05, 4.69) is 10.3 Å². The van der Waals surface area contributed by atoms with E-state index >= 15 is 0 Å². The van der Waals surface area contributed by atoms with Crippen molar-refractivity contribution in [2.75, 3.05) is 12.4 Å². The highest BCUT2D eigenvalue weighted by Gasteiger charge is 2.36. The molecule has 0 aliphatic heterocycles. The van der Waals surface area contributed by atoms with Gasteiger partial charge in [-0.25, -0.2) is 4.98 Å². The quantitative estimate of drug-likeness (QED) is 0.861. The smallest absolute Gasteiger partial charge is 0.387 e. The number of pyridine rings is 1.